The molecule has 0 aliphatic heterocycles. The predicted octanol–water partition coefficient (Wildman–Crippen LogP) is 3.21. The summed E-state index contributed by atoms with van der Waals surface area (Å²) in [7, 11) is 0. The lowest BCUT2D eigenvalue weighted by Gasteiger charge is -2.11. The van der Waals surface area contributed by atoms with Crippen LogP contribution in [0.15, 0.2) is 16.7 Å². The molecule has 0 amide bonds. The van der Waals surface area contributed by atoms with E-state index < -0.39 is 0 Å². The molecule has 1 atom stereocenters. The highest BCUT2D eigenvalue weighted by Crippen LogP contribution is 2.20. The van der Waals surface area contributed by atoms with Gasteiger partial charge in [-0.25, -0.2) is 0 Å². The van der Waals surface area contributed by atoms with Gasteiger partial charge in [0.15, 0.2) is 0 Å². The second-order valence-corrected chi connectivity index (χ2v) is 5.28. The van der Waals surface area contributed by atoms with E-state index >= 15 is 0 Å². The van der Waals surface area contributed by atoms with Crippen LogP contribution in [0.1, 0.15) is 31.6 Å². The Labute approximate surface area is 96.8 Å². The van der Waals surface area contributed by atoms with Crippen molar-refractivity contribution in [3.05, 3.63) is 23.7 Å². The molecule has 0 aliphatic rings. The first kappa shape index (κ1) is 12.7. The second kappa shape index (κ2) is 6.96. The van der Waals surface area contributed by atoms with Gasteiger partial charge in [0.05, 0.1) is 12.0 Å². The average molecular weight is 227 g/mol. The maximum Gasteiger partial charge on any atom is 0.116 e. The molecule has 0 bridgehead atoms. The van der Waals surface area contributed by atoms with Crippen molar-refractivity contribution in [3.63, 3.8) is 0 Å². The van der Waals surface area contributed by atoms with Gasteiger partial charge in [-0.2, -0.15) is 0 Å². The van der Waals surface area contributed by atoms with E-state index in [1.165, 1.54) is 12.0 Å². The van der Waals surface area contributed by atoms with Gasteiger partial charge in [0.2, 0.25) is 0 Å². The number of hydrogen-bond acceptors (Lipinski definition) is 3. The summed E-state index contributed by atoms with van der Waals surface area (Å²) in [5, 5.41) is 4.07. The minimum atomic E-state index is 0.640. The van der Waals surface area contributed by atoms with Gasteiger partial charge in [0.25, 0.3) is 0 Å². The SMILES string of the molecule is CCCNCC(C)SCc1occc1C. The third-order valence-electron chi connectivity index (χ3n) is 2.33. The van der Waals surface area contributed by atoms with Crippen LogP contribution in [-0.2, 0) is 5.75 Å². The van der Waals surface area contributed by atoms with E-state index in [0.29, 0.717) is 5.25 Å². The van der Waals surface area contributed by atoms with Crippen molar-refractivity contribution in [2.24, 2.45) is 0 Å². The first-order valence-electron chi connectivity index (χ1n) is 5.59. The summed E-state index contributed by atoms with van der Waals surface area (Å²) in [6.45, 7) is 8.74. The smallest absolute Gasteiger partial charge is 0.116 e. The van der Waals surface area contributed by atoms with Crippen LogP contribution in [0.25, 0.3) is 0 Å². The van der Waals surface area contributed by atoms with Crippen LogP contribution in [-0.4, -0.2) is 18.3 Å². The molecule has 86 valence electrons. The van der Waals surface area contributed by atoms with Crippen molar-refractivity contribution in [2.75, 3.05) is 13.1 Å². The minimum absolute atomic E-state index is 0.640. The second-order valence-electron chi connectivity index (χ2n) is 3.85. The van der Waals surface area contributed by atoms with Gasteiger partial charge < -0.3 is 9.73 Å². The third kappa shape index (κ3) is 4.76. The molecule has 15 heavy (non-hydrogen) atoms. The van der Waals surface area contributed by atoms with Crippen LogP contribution >= 0.6 is 11.8 Å². The number of hydrogen-bond donors (Lipinski definition) is 1. The minimum Gasteiger partial charge on any atom is -0.468 e. The fourth-order valence-electron chi connectivity index (χ4n) is 1.31. The monoisotopic (exact) mass is 227 g/mol. The van der Waals surface area contributed by atoms with Crippen LogP contribution in [0.5, 0.6) is 0 Å². The number of nitrogens with one attached hydrogen (secondary N) is 1. The maximum absolute atomic E-state index is 5.40. The molecule has 0 saturated carbocycles. The van der Waals surface area contributed by atoms with E-state index in [9.17, 15) is 0 Å². The van der Waals surface area contributed by atoms with Crippen LogP contribution in [0.4, 0.5) is 0 Å². The molecule has 1 aromatic rings. The number of thioether (sulfide) groups is 1. The van der Waals surface area contributed by atoms with E-state index in [1.807, 2.05) is 17.8 Å². The summed E-state index contributed by atoms with van der Waals surface area (Å²) in [5.74, 6) is 2.09. The molecule has 0 saturated heterocycles. The molecular weight excluding hydrogens is 206 g/mol. The topological polar surface area (TPSA) is 25.2 Å². The Morgan fingerprint density at radius 3 is 2.93 bits per heavy atom. The average Bonchev–Trinajstić information content (AvgIpc) is 2.61. The molecule has 0 aliphatic carbocycles. The zero-order chi connectivity index (χ0) is 11.1. The van der Waals surface area contributed by atoms with Crippen LogP contribution in [0, 0.1) is 6.92 Å². The summed E-state index contributed by atoms with van der Waals surface area (Å²) in [5.41, 5.74) is 1.26. The summed E-state index contributed by atoms with van der Waals surface area (Å²) in [6.07, 6.45) is 2.97. The molecule has 0 aromatic carbocycles. The molecule has 1 aromatic heterocycles. The van der Waals surface area contributed by atoms with Crippen molar-refractivity contribution >= 4 is 11.8 Å². The van der Waals surface area contributed by atoms with Gasteiger partial charge in [0, 0.05) is 11.8 Å². The molecule has 1 unspecified atom stereocenters. The van der Waals surface area contributed by atoms with Gasteiger partial charge in [-0.1, -0.05) is 13.8 Å². The lowest BCUT2D eigenvalue weighted by Crippen LogP contribution is -2.23. The van der Waals surface area contributed by atoms with E-state index in [-0.39, 0.29) is 0 Å². The standard InChI is InChI=1S/C12H21NOS/c1-4-6-13-8-11(3)15-9-12-10(2)5-7-14-12/h5,7,11,13H,4,6,8-9H2,1-3H3. The molecule has 2 nitrogen and oxygen atoms in total. The lowest BCUT2D eigenvalue weighted by atomic mass is 10.3. The highest BCUT2D eigenvalue weighted by Gasteiger charge is 2.06. The van der Waals surface area contributed by atoms with E-state index in [1.54, 1.807) is 6.26 Å². The highest BCUT2D eigenvalue weighted by molar-refractivity contribution is 7.99. The molecule has 1 N–H and O–H groups in total. The third-order valence-corrected chi connectivity index (χ3v) is 3.49. The van der Waals surface area contributed by atoms with Gasteiger partial charge in [-0.05, 0) is 31.5 Å². The van der Waals surface area contributed by atoms with Crippen molar-refractivity contribution in [2.45, 2.75) is 38.2 Å². The van der Waals surface area contributed by atoms with Crippen LogP contribution in [0.2, 0.25) is 0 Å². The quantitative estimate of drug-likeness (QED) is 0.724. The van der Waals surface area contributed by atoms with E-state index in [2.05, 4.69) is 26.1 Å². The van der Waals surface area contributed by atoms with Crippen molar-refractivity contribution in [3.8, 4) is 0 Å². The molecular formula is C12H21NOS. The fraction of sp³-hybridized carbons (Fsp3) is 0.667. The zero-order valence-corrected chi connectivity index (χ0v) is 10.7. The zero-order valence-electron chi connectivity index (χ0n) is 9.88. The molecule has 3 heteroatoms. The first-order chi connectivity index (χ1) is 7.24. The Bertz CT molecular complexity index is 272. The normalized spacial score (nSPS) is 13.0. The predicted molar refractivity (Wildman–Crippen MR) is 67.4 cm³/mol. The number of rotatable bonds is 7. The molecule has 0 fully saturated rings. The Morgan fingerprint density at radius 2 is 2.33 bits per heavy atom. The largest absolute Gasteiger partial charge is 0.468 e. The van der Waals surface area contributed by atoms with Gasteiger partial charge >= 0.3 is 0 Å². The first-order valence-corrected chi connectivity index (χ1v) is 6.64. The van der Waals surface area contributed by atoms with Crippen molar-refractivity contribution in [1.82, 2.24) is 5.32 Å². The molecule has 1 heterocycles. The van der Waals surface area contributed by atoms with Gasteiger partial charge in [-0.15, -0.1) is 11.8 Å². The summed E-state index contributed by atoms with van der Waals surface area (Å²) >= 11 is 1.94. The highest BCUT2D eigenvalue weighted by atomic mass is 32.2. The Morgan fingerprint density at radius 1 is 1.53 bits per heavy atom. The summed E-state index contributed by atoms with van der Waals surface area (Å²) in [6, 6.07) is 2.02. The number of aryl methyl sites for hydroxylation is 1. The van der Waals surface area contributed by atoms with Crippen molar-refractivity contribution in [1.29, 1.82) is 0 Å². The van der Waals surface area contributed by atoms with Gasteiger partial charge in [0.1, 0.15) is 5.76 Å². The summed E-state index contributed by atoms with van der Waals surface area (Å²) < 4.78 is 5.40. The van der Waals surface area contributed by atoms with E-state index in [0.717, 1.165) is 24.6 Å². The molecule has 0 spiro atoms. The Balaban J connectivity index is 2.16. The molecule has 0 radical (unpaired) electrons. The number of furan rings is 1. The Kier molecular flexibility index (Phi) is 5.88. The lowest BCUT2D eigenvalue weighted by molar-refractivity contribution is 0.527. The Hall–Kier alpha value is -0.410. The van der Waals surface area contributed by atoms with Gasteiger partial charge in [-0.3, -0.25) is 0 Å². The summed E-state index contributed by atoms with van der Waals surface area (Å²) in [4.78, 5) is 0. The fourth-order valence-corrected chi connectivity index (χ4v) is 2.28. The van der Waals surface area contributed by atoms with Crippen LogP contribution < -0.4 is 5.32 Å². The molecule has 1 rings (SSSR count). The van der Waals surface area contributed by atoms with Crippen LogP contribution in [0.3, 0.4) is 0 Å². The van der Waals surface area contributed by atoms with E-state index in [4.69, 9.17) is 4.42 Å². The maximum atomic E-state index is 5.40. The van der Waals surface area contributed by atoms with Crippen molar-refractivity contribution < 1.29 is 4.42 Å².